The first-order valence-corrected chi connectivity index (χ1v) is 7.60. The highest BCUT2D eigenvalue weighted by Gasteiger charge is 2.13. The lowest BCUT2D eigenvalue weighted by Gasteiger charge is -2.07. The van der Waals surface area contributed by atoms with Gasteiger partial charge in [0.25, 0.3) is 0 Å². The normalized spacial score (nSPS) is 10.7. The fourth-order valence-corrected chi connectivity index (χ4v) is 2.73. The highest BCUT2D eigenvalue weighted by molar-refractivity contribution is 14.1. The fraction of sp³-hybridized carbons (Fsp3) is 0. The summed E-state index contributed by atoms with van der Waals surface area (Å²) in [5, 5.41) is 2.64. The molecule has 0 aliphatic rings. The van der Waals surface area contributed by atoms with Crippen molar-refractivity contribution in [2.45, 2.75) is 0 Å². The predicted octanol–water partition coefficient (Wildman–Crippen LogP) is 5.33. The molecule has 3 rings (SSSR count). The zero-order valence-corrected chi connectivity index (χ0v) is 13.4. The van der Waals surface area contributed by atoms with E-state index in [4.69, 9.17) is 11.6 Å². The number of halogens is 2. The Kier molecular flexibility index (Phi) is 3.76. The van der Waals surface area contributed by atoms with Gasteiger partial charge in [0.1, 0.15) is 0 Å². The first-order chi connectivity index (χ1) is 9.66. The first-order valence-electron chi connectivity index (χ1n) is 6.14. The number of fused-ring (bicyclic) bond motifs is 1. The maximum Gasteiger partial charge on any atom is 0.193 e. The Morgan fingerprint density at radius 3 is 2.50 bits per heavy atom. The minimum Gasteiger partial charge on any atom is -0.289 e. The van der Waals surface area contributed by atoms with Crippen LogP contribution in [0.2, 0.25) is 5.02 Å². The van der Waals surface area contributed by atoms with Crippen LogP contribution in [0.1, 0.15) is 15.9 Å². The van der Waals surface area contributed by atoms with Crippen molar-refractivity contribution in [1.82, 2.24) is 0 Å². The van der Waals surface area contributed by atoms with Gasteiger partial charge in [0, 0.05) is 14.7 Å². The lowest BCUT2D eigenvalue weighted by molar-refractivity contribution is 0.104. The van der Waals surface area contributed by atoms with E-state index in [1.165, 1.54) is 0 Å². The van der Waals surface area contributed by atoms with Crippen molar-refractivity contribution in [2.24, 2.45) is 0 Å². The molecule has 0 saturated carbocycles. The molecule has 0 spiro atoms. The second-order valence-corrected chi connectivity index (χ2v) is 6.05. The molecule has 98 valence electrons. The van der Waals surface area contributed by atoms with Crippen LogP contribution in [0.25, 0.3) is 10.8 Å². The molecule has 1 nitrogen and oxygen atoms in total. The van der Waals surface area contributed by atoms with Crippen molar-refractivity contribution in [3.63, 3.8) is 0 Å². The average molecular weight is 393 g/mol. The van der Waals surface area contributed by atoms with E-state index in [1.54, 1.807) is 6.07 Å². The fourth-order valence-electron chi connectivity index (χ4n) is 2.22. The van der Waals surface area contributed by atoms with Crippen molar-refractivity contribution in [3.05, 3.63) is 80.4 Å². The molecule has 0 aliphatic carbocycles. The highest BCUT2D eigenvalue weighted by Crippen LogP contribution is 2.24. The molecule has 3 aromatic rings. The van der Waals surface area contributed by atoms with E-state index in [1.807, 2.05) is 54.6 Å². The Hall–Kier alpha value is -1.39. The summed E-state index contributed by atoms with van der Waals surface area (Å²) in [5.41, 5.74) is 1.33. The summed E-state index contributed by atoms with van der Waals surface area (Å²) in [6.07, 6.45) is 0. The summed E-state index contributed by atoms with van der Waals surface area (Å²) in [6, 6.07) is 19.1. The van der Waals surface area contributed by atoms with E-state index in [2.05, 4.69) is 22.6 Å². The Morgan fingerprint density at radius 1 is 0.950 bits per heavy atom. The van der Waals surface area contributed by atoms with Gasteiger partial charge in [-0.3, -0.25) is 4.79 Å². The van der Waals surface area contributed by atoms with Gasteiger partial charge in [-0.1, -0.05) is 54.1 Å². The molecule has 0 fully saturated rings. The smallest absolute Gasteiger partial charge is 0.193 e. The van der Waals surface area contributed by atoms with Crippen LogP contribution in [-0.4, -0.2) is 5.78 Å². The molecular weight excluding hydrogens is 383 g/mol. The Morgan fingerprint density at radius 2 is 1.70 bits per heavy atom. The van der Waals surface area contributed by atoms with Gasteiger partial charge in [-0.25, -0.2) is 0 Å². The molecule has 0 unspecified atom stereocenters. The highest BCUT2D eigenvalue weighted by atomic mass is 127. The lowest BCUT2D eigenvalue weighted by Crippen LogP contribution is -2.02. The third-order valence-corrected chi connectivity index (χ3v) is 4.79. The molecule has 20 heavy (non-hydrogen) atoms. The molecule has 0 heterocycles. The number of carbonyl (C=O) groups excluding carboxylic acids is 1. The molecular formula is C17H10ClIO. The maximum atomic E-state index is 12.7. The lowest BCUT2D eigenvalue weighted by atomic mass is 9.97. The van der Waals surface area contributed by atoms with Crippen LogP contribution in [0.4, 0.5) is 0 Å². The quantitative estimate of drug-likeness (QED) is 0.426. The van der Waals surface area contributed by atoms with Gasteiger partial charge in [0.05, 0.1) is 5.02 Å². The number of carbonyl (C=O) groups is 1. The van der Waals surface area contributed by atoms with Gasteiger partial charge in [0.15, 0.2) is 5.78 Å². The van der Waals surface area contributed by atoms with E-state index in [9.17, 15) is 4.79 Å². The molecule has 0 amide bonds. The van der Waals surface area contributed by atoms with Crippen LogP contribution in [-0.2, 0) is 0 Å². The van der Waals surface area contributed by atoms with E-state index in [-0.39, 0.29) is 5.78 Å². The molecule has 0 aliphatic heterocycles. The zero-order chi connectivity index (χ0) is 14.1. The van der Waals surface area contributed by atoms with Crippen LogP contribution in [0.3, 0.4) is 0 Å². The summed E-state index contributed by atoms with van der Waals surface area (Å²) < 4.78 is 0.943. The number of benzene rings is 3. The monoisotopic (exact) mass is 392 g/mol. The Balaban J connectivity index is 2.15. The van der Waals surface area contributed by atoms with Crippen molar-refractivity contribution in [1.29, 1.82) is 0 Å². The number of hydrogen-bond acceptors (Lipinski definition) is 1. The summed E-state index contributed by atoms with van der Waals surface area (Å²) in [7, 11) is 0. The topological polar surface area (TPSA) is 17.1 Å². The van der Waals surface area contributed by atoms with E-state index < -0.39 is 0 Å². The van der Waals surface area contributed by atoms with Gasteiger partial charge in [-0.2, -0.15) is 0 Å². The van der Waals surface area contributed by atoms with E-state index in [0.717, 1.165) is 14.3 Å². The van der Waals surface area contributed by atoms with Crippen LogP contribution in [0, 0.1) is 3.57 Å². The van der Waals surface area contributed by atoms with Gasteiger partial charge in [0.2, 0.25) is 0 Å². The third kappa shape index (κ3) is 2.45. The minimum absolute atomic E-state index is 0.0000926. The molecule has 0 radical (unpaired) electrons. The molecule has 3 aromatic carbocycles. The van der Waals surface area contributed by atoms with Crippen LogP contribution in [0.5, 0.6) is 0 Å². The van der Waals surface area contributed by atoms with Gasteiger partial charge in [-0.15, -0.1) is 0 Å². The standard InChI is InChI=1S/C17H10ClIO/c18-15-10-12(8-9-16(15)19)17(20)14-7-3-5-11-4-1-2-6-13(11)14/h1-10H. The molecule has 0 bridgehead atoms. The summed E-state index contributed by atoms with van der Waals surface area (Å²) in [4.78, 5) is 12.7. The van der Waals surface area contributed by atoms with Crippen molar-refractivity contribution < 1.29 is 4.79 Å². The maximum absolute atomic E-state index is 12.7. The number of ketones is 1. The Labute approximate surface area is 135 Å². The predicted molar refractivity (Wildman–Crippen MR) is 91.5 cm³/mol. The zero-order valence-electron chi connectivity index (χ0n) is 10.4. The molecule has 0 saturated heterocycles. The molecule has 0 N–H and O–H groups in total. The number of rotatable bonds is 2. The van der Waals surface area contributed by atoms with Crippen molar-refractivity contribution >= 4 is 50.7 Å². The van der Waals surface area contributed by atoms with Gasteiger partial charge < -0.3 is 0 Å². The van der Waals surface area contributed by atoms with E-state index in [0.29, 0.717) is 16.1 Å². The third-order valence-electron chi connectivity index (χ3n) is 3.22. The summed E-state index contributed by atoms with van der Waals surface area (Å²) in [6.45, 7) is 0. The van der Waals surface area contributed by atoms with E-state index >= 15 is 0 Å². The second-order valence-electron chi connectivity index (χ2n) is 4.48. The second kappa shape index (κ2) is 5.54. The van der Waals surface area contributed by atoms with Crippen LogP contribution in [0.15, 0.2) is 60.7 Å². The number of hydrogen-bond donors (Lipinski definition) is 0. The largest absolute Gasteiger partial charge is 0.289 e. The summed E-state index contributed by atoms with van der Waals surface area (Å²) in [5.74, 6) is 0.0000926. The molecule has 0 aromatic heterocycles. The van der Waals surface area contributed by atoms with Crippen molar-refractivity contribution in [2.75, 3.05) is 0 Å². The SMILES string of the molecule is O=C(c1ccc(I)c(Cl)c1)c1cccc2ccccc12. The summed E-state index contributed by atoms with van der Waals surface area (Å²) >= 11 is 8.25. The first kappa shape index (κ1) is 13.6. The van der Waals surface area contributed by atoms with Gasteiger partial charge in [-0.05, 0) is 51.6 Å². The molecule has 0 atom stereocenters. The molecule has 3 heteroatoms. The van der Waals surface area contributed by atoms with Crippen molar-refractivity contribution in [3.8, 4) is 0 Å². The van der Waals surface area contributed by atoms with Gasteiger partial charge >= 0.3 is 0 Å². The van der Waals surface area contributed by atoms with Crippen LogP contribution >= 0.6 is 34.2 Å². The Bertz CT molecular complexity index is 806. The van der Waals surface area contributed by atoms with Crippen LogP contribution < -0.4 is 0 Å². The minimum atomic E-state index is 0.0000926. The average Bonchev–Trinajstić information content (AvgIpc) is 2.49.